The molecule has 28 heavy (non-hydrogen) atoms. The van der Waals surface area contributed by atoms with Crippen LogP contribution in [0.2, 0.25) is 0 Å². The number of hydrogen-bond acceptors (Lipinski definition) is 6. The number of esters is 1. The van der Waals surface area contributed by atoms with Crippen LogP contribution in [0.15, 0.2) is 47.4 Å². The molecule has 2 rings (SSSR count). The molecule has 8 nitrogen and oxygen atoms in total. The van der Waals surface area contributed by atoms with Gasteiger partial charge in [0.1, 0.15) is 5.75 Å². The minimum absolute atomic E-state index is 0.0122. The highest BCUT2D eigenvalue weighted by Gasteiger charge is 2.14. The molecule has 0 radical (unpaired) electrons. The number of carbonyl (C=O) groups excluding carboxylic acids is 2. The highest BCUT2D eigenvalue weighted by atomic mass is 32.2. The fourth-order valence-electron chi connectivity index (χ4n) is 2.36. The van der Waals surface area contributed by atoms with E-state index in [0.717, 1.165) is 5.56 Å². The maximum atomic E-state index is 11.9. The molecule has 150 valence electrons. The molecule has 0 aliphatic carbocycles. The van der Waals surface area contributed by atoms with E-state index in [-0.39, 0.29) is 23.6 Å². The maximum Gasteiger partial charge on any atom is 0.309 e. The van der Waals surface area contributed by atoms with Crippen LogP contribution in [0, 0.1) is 13.8 Å². The number of nitrogens with two attached hydrogens (primary N) is 1. The van der Waals surface area contributed by atoms with Crippen LogP contribution >= 0.6 is 0 Å². The molecule has 2 aromatic rings. The van der Waals surface area contributed by atoms with Gasteiger partial charge in [0, 0.05) is 5.69 Å². The number of benzene rings is 2. The Labute approximate surface area is 163 Å². The summed E-state index contributed by atoms with van der Waals surface area (Å²) >= 11 is 0. The van der Waals surface area contributed by atoms with Crippen molar-refractivity contribution < 1.29 is 27.5 Å². The Kier molecular flexibility index (Phi) is 7.13. The summed E-state index contributed by atoms with van der Waals surface area (Å²) in [5.74, 6) is -0.506. The van der Waals surface area contributed by atoms with Crippen LogP contribution in [0.1, 0.15) is 17.5 Å². The zero-order chi connectivity index (χ0) is 20.7. The van der Waals surface area contributed by atoms with Gasteiger partial charge in [0.2, 0.25) is 10.0 Å². The first-order chi connectivity index (χ1) is 13.2. The lowest BCUT2D eigenvalue weighted by molar-refractivity contribution is -0.147. The summed E-state index contributed by atoms with van der Waals surface area (Å²) in [6, 6.07) is 11.7. The minimum atomic E-state index is -3.90. The first-order valence-electron chi connectivity index (χ1n) is 8.44. The van der Waals surface area contributed by atoms with Crippen molar-refractivity contribution in [2.45, 2.75) is 25.2 Å². The molecule has 0 saturated carbocycles. The SMILES string of the molecule is Cc1ccccc1OCCC(=O)OCC(=O)Nc1ccc(C)c(S(N)(=O)=O)c1. The lowest BCUT2D eigenvalue weighted by Gasteiger charge is -2.10. The summed E-state index contributed by atoms with van der Waals surface area (Å²) in [5, 5.41) is 7.59. The van der Waals surface area contributed by atoms with Crippen molar-refractivity contribution >= 4 is 27.6 Å². The highest BCUT2D eigenvalue weighted by molar-refractivity contribution is 7.89. The average molecular weight is 406 g/mol. The van der Waals surface area contributed by atoms with Gasteiger partial charge in [-0.25, -0.2) is 13.6 Å². The predicted molar refractivity (Wildman–Crippen MR) is 103 cm³/mol. The van der Waals surface area contributed by atoms with Gasteiger partial charge in [0.25, 0.3) is 5.91 Å². The molecule has 1 amide bonds. The van der Waals surface area contributed by atoms with Gasteiger partial charge in [-0.05, 0) is 43.2 Å². The number of rotatable bonds is 8. The van der Waals surface area contributed by atoms with Crippen molar-refractivity contribution in [1.82, 2.24) is 0 Å². The number of para-hydroxylation sites is 1. The molecule has 0 bridgehead atoms. The van der Waals surface area contributed by atoms with Crippen LogP contribution in [0.25, 0.3) is 0 Å². The van der Waals surface area contributed by atoms with Gasteiger partial charge in [-0.2, -0.15) is 0 Å². The third-order valence-corrected chi connectivity index (χ3v) is 4.85. The van der Waals surface area contributed by atoms with E-state index in [9.17, 15) is 18.0 Å². The third kappa shape index (κ3) is 6.36. The maximum absolute atomic E-state index is 11.9. The van der Waals surface area contributed by atoms with Gasteiger partial charge in [-0.3, -0.25) is 9.59 Å². The molecule has 0 unspecified atom stereocenters. The molecular weight excluding hydrogens is 384 g/mol. The summed E-state index contributed by atoms with van der Waals surface area (Å²) in [6.07, 6.45) is -0.0122. The monoisotopic (exact) mass is 406 g/mol. The van der Waals surface area contributed by atoms with Crippen LogP contribution in [-0.2, 0) is 24.3 Å². The molecule has 0 aliphatic rings. The Hall–Kier alpha value is -2.91. The summed E-state index contributed by atoms with van der Waals surface area (Å²) in [7, 11) is -3.90. The zero-order valence-electron chi connectivity index (χ0n) is 15.6. The van der Waals surface area contributed by atoms with E-state index in [1.807, 2.05) is 25.1 Å². The van der Waals surface area contributed by atoms with E-state index in [0.29, 0.717) is 11.3 Å². The van der Waals surface area contributed by atoms with Crippen LogP contribution < -0.4 is 15.2 Å². The molecule has 0 aliphatic heterocycles. The normalized spacial score (nSPS) is 11.0. The molecule has 3 N–H and O–H groups in total. The van der Waals surface area contributed by atoms with Gasteiger partial charge in [-0.15, -0.1) is 0 Å². The van der Waals surface area contributed by atoms with Crippen LogP contribution in [0.3, 0.4) is 0 Å². The average Bonchev–Trinajstić information content (AvgIpc) is 2.62. The van der Waals surface area contributed by atoms with Gasteiger partial charge in [-0.1, -0.05) is 24.3 Å². The number of primary sulfonamides is 1. The molecule has 0 heterocycles. The second kappa shape index (κ2) is 9.34. The van der Waals surface area contributed by atoms with Gasteiger partial charge in [0.15, 0.2) is 6.61 Å². The quantitative estimate of drug-likeness (QED) is 0.645. The van der Waals surface area contributed by atoms with Gasteiger partial charge >= 0.3 is 5.97 Å². The van der Waals surface area contributed by atoms with Crippen LogP contribution in [0.5, 0.6) is 5.75 Å². The van der Waals surface area contributed by atoms with Crippen molar-refractivity contribution in [1.29, 1.82) is 0 Å². The highest BCUT2D eigenvalue weighted by Crippen LogP contribution is 2.19. The van der Waals surface area contributed by atoms with E-state index in [4.69, 9.17) is 14.6 Å². The van der Waals surface area contributed by atoms with Gasteiger partial charge in [0.05, 0.1) is 17.9 Å². The fourth-order valence-corrected chi connectivity index (χ4v) is 3.17. The molecule has 9 heteroatoms. The molecule has 2 aromatic carbocycles. The first-order valence-corrected chi connectivity index (χ1v) is 9.99. The number of sulfonamides is 1. The number of ether oxygens (including phenoxy) is 2. The molecule has 0 atom stereocenters. The number of nitrogens with one attached hydrogen (secondary N) is 1. The van der Waals surface area contributed by atoms with Crippen molar-refractivity contribution in [2.24, 2.45) is 5.14 Å². The zero-order valence-corrected chi connectivity index (χ0v) is 16.4. The Morgan fingerprint density at radius 1 is 1.07 bits per heavy atom. The van der Waals surface area contributed by atoms with Crippen molar-refractivity contribution in [2.75, 3.05) is 18.5 Å². The van der Waals surface area contributed by atoms with E-state index in [1.165, 1.54) is 18.2 Å². The Morgan fingerprint density at radius 3 is 2.46 bits per heavy atom. The van der Waals surface area contributed by atoms with Crippen molar-refractivity contribution in [3.63, 3.8) is 0 Å². The summed E-state index contributed by atoms with van der Waals surface area (Å²) in [4.78, 5) is 23.5. The standard InChI is InChI=1S/C19H22N2O6S/c1-13-5-3-4-6-16(13)26-10-9-19(23)27-12-18(22)21-15-8-7-14(2)17(11-15)28(20,24)25/h3-8,11H,9-10,12H2,1-2H3,(H,21,22)(H2,20,24,25). The molecule has 0 saturated heterocycles. The number of amides is 1. The number of carbonyl (C=O) groups is 2. The van der Waals surface area contributed by atoms with Crippen molar-refractivity contribution in [3.05, 3.63) is 53.6 Å². The lowest BCUT2D eigenvalue weighted by atomic mass is 10.2. The molecule has 0 fully saturated rings. The number of aryl methyl sites for hydroxylation is 2. The summed E-state index contributed by atoms with van der Waals surface area (Å²) < 4.78 is 33.4. The van der Waals surface area contributed by atoms with E-state index in [2.05, 4.69) is 5.32 Å². The number of hydrogen-bond donors (Lipinski definition) is 2. The molecular formula is C19H22N2O6S. The van der Waals surface area contributed by atoms with E-state index in [1.54, 1.807) is 13.0 Å². The molecule has 0 spiro atoms. The summed E-state index contributed by atoms with van der Waals surface area (Å²) in [6.45, 7) is 3.11. The lowest BCUT2D eigenvalue weighted by Crippen LogP contribution is -2.22. The molecule has 0 aromatic heterocycles. The first kappa shape index (κ1) is 21.4. The number of anilines is 1. The summed E-state index contributed by atoms with van der Waals surface area (Å²) in [5.41, 5.74) is 1.64. The van der Waals surface area contributed by atoms with Gasteiger partial charge < -0.3 is 14.8 Å². The Morgan fingerprint density at radius 2 is 1.79 bits per heavy atom. The second-order valence-electron chi connectivity index (χ2n) is 6.10. The van der Waals surface area contributed by atoms with E-state index >= 15 is 0 Å². The van der Waals surface area contributed by atoms with Crippen LogP contribution in [0.4, 0.5) is 5.69 Å². The predicted octanol–water partition coefficient (Wildman–Crippen LogP) is 1.90. The largest absolute Gasteiger partial charge is 0.493 e. The Balaban J connectivity index is 1.79. The minimum Gasteiger partial charge on any atom is -0.493 e. The Bertz CT molecular complexity index is 972. The second-order valence-corrected chi connectivity index (χ2v) is 7.63. The topological polar surface area (TPSA) is 125 Å². The van der Waals surface area contributed by atoms with Crippen molar-refractivity contribution in [3.8, 4) is 5.75 Å². The fraction of sp³-hybridized carbons (Fsp3) is 0.263. The smallest absolute Gasteiger partial charge is 0.309 e. The van der Waals surface area contributed by atoms with Crippen LogP contribution in [-0.4, -0.2) is 33.5 Å². The van der Waals surface area contributed by atoms with E-state index < -0.39 is 28.5 Å². The third-order valence-electron chi connectivity index (χ3n) is 3.80.